The van der Waals surface area contributed by atoms with Gasteiger partial charge in [-0.15, -0.1) is 12.3 Å². The summed E-state index contributed by atoms with van der Waals surface area (Å²) in [4.78, 5) is 23.1. The van der Waals surface area contributed by atoms with E-state index in [1.165, 1.54) is 11.8 Å². The molecule has 1 amide bonds. The fourth-order valence-electron chi connectivity index (χ4n) is 4.70. The van der Waals surface area contributed by atoms with E-state index in [2.05, 4.69) is 17.7 Å². The molecule has 1 fully saturated rings. The third kappa shape index (κ3) is 6.54. The molecule has 5 nitrogen and oxygen atoms in total. The van der Waals surface area contributed by atoms with Gasteiger partial charge in [0.15, 0.2) is 5.17 Å². The summed E-state index contributed by atoms with van der Waals surface area (Å²) in [7, 11) is 1.99. The maximum Gasteiger partial charge on any atom is 0.240 e. The van der Waals surface area contributed by atoms with Crippen LogP contribution in [0.2, 0.25) is 0 Å². The number of nitrogens with zero attached hydrogens (tertiary/aromatic N) is 3. The molecule has 2 unspecified atom stereocenters. The molecule has 0 aliphatic carbocycles. The van der Waals surface area contributed by atoms with Gasteiger partial charge in [-0.1, -0.05) is 66.4 Å². The zero-order valence-corrected chi connectivity index (χ0v) is 22.5. The van der Waals surface area contributed by atoms with Gasteiger partial charge in [0, 0.05) is 38.7 Å². The molecule has 192 valence electrons. The Morgan fingerprint density at radius 2 is 1.89 bits per heavy atom. The average Bonchev–Trinajstić information content (AvgIpc) is 2.94. The lowest BCUT2D eigenvalue weighted by Gasteiger charge is -2.35. The van der Waals surface area contributed by atoms with Gasteiger partial charge < -0.3 is 14.9 Å². The van der Waals surface area contributed by atoms with Crippen molar-refractivity contribution in [3.8, 4) is 12.3 Å². The molecule has 0 spiro atoms. The second kappa shape index (κ2) is 12.8. The molecule has 3 aromatic rings. The number of amidine groups is 1. The maximum absolute atomic E-state index is 14.0. The van der Waals surface area contributed by atoms with Crippen LogP contribution >= 0.6 is 11.8 Å². The number of aliphatic hydroxyl groups is 1. The summed E-state index contributed by atoms with van der Waals surface area (Å²) in [6, 6.07) is 22.0. The second-order valence-electron chi connectivity index (χ2n) is 9.50. The van der Waals surface area contributed by atoms with Crippen molar-refractivity contribution in [2.45, 2.75) is 38.0 Å². The Labute approximate surface area is 224 Å². The number of carbonyl (C=O) groups is 1. The largest absolute Gasteiger partial charge is 0.392 e. The van der Waals surface area contributed by atoms with Crippen LogP contribution in [0.3, 0.4) is 0 Å². The lowest BCUT2D eigenvalue weighted by Crippen LogP contribution is -2.42. The van der Waals surface area contributed by atoms with Crippen molar-refractivity contribution in [1.82, 2.24) is 9.80 Å². The number of aliphatic hydroxyl groups excluding tert-OH is 1. The minimum absolute atomic E-state index is 0.0935. The summed E-state index contributed by atoms with van der Waals surface area (Å²) in [5, 5.41) is 12.5. The van der Waals surface area contributed by atoms with Crippen molar-refractivity contribution in [2.24, 2.45) is 10.9 Å². The SMILES string of the molecule is C#CCC1CCCN(C(=O)C(SC(=Nc2cc3ccccc3cc2CO)N(C)CC)c2ccccc2)C1. The summed E-state index contributed by atoms with van der Waals surface area (Å²) < 4.78 is 0. The van der Waals surface area contributed by atoms with Crippen LogP contribution < -0.4 is 0 Å². The van der Waals surface area contributed by atoms with E-state index >= 15 is 0 Å². The van der Waals surface area contributed by atoms with Gasteiger partial charge in [-0.2, -0.15) is 0 Å². The van der Waals surface area contributed by atoms with Gasteiger partial charge in [-0.05, 0) is 54.2 Å². The molecule has 2 atom stereocenters. The Morgan fingerprint density at radius 3 is 2.57 bits per heavy atom. The molecule has 4 rings (SSSR count). The number of likely N-dealkylation sites (tertiary alicyclic amines) is 1. The molecule has 37 heavy (non-hydrogen) atoms. The van der Waals surface area contributed by atoms with Crippen LogP contribution in [0.1, 0.15) is 42.6 Å². The van der Waals surface area contributed by atoms with E-state index in [9.17, 15) is 9.90 Å². The Bertz CT molecular complexity index is 1280. The van der Waals surface area contributed by atoms with E-state index in [0.717, 1.165) is 58.7 Å². The first kappa shape index (κ1) is 26.8. The average molecular weight is 514 g/mol. The predicted molar refractivity (Wildman–Crippen MR) is 155 cm³/mol. The number of terminal acetylenes is 1. The summed E-state index contributed by atoms with van der Waals surface area (Å²) >= 11 is 1.47. The molecule has 1 N–H and O–H groups in total. The number of aliphatic imine (C=N–C) groups is 1. The molecule has 1 heterocycles. The zero-order valence-electron chi connectivity index (χ0n) is 21.6. The summed E-state index contributed by atoms with van der Waals surface area (Å²) in [6.45, 7) is 4.14. The Balaban J connectivity index is 1.72. The molecule has 0 radical (unpaired) electrons. The van der Waals surface area contributed by atoms with Crippen LogP contribution in [-0.4, -0.2) is 52.7 Å². The van der Waals surface area contributed by atoms with Crippen LogP contribution in [0.15, 0.2) is 71.7 Å². The number of thioether (sulfide) groups is 1. The highest BCUT2D eigenvalue weighted by molar-refractivity contribution is 8.14. The highest BCUT2D eigenvalue weighted by Crippen LogP contribution is 2.36. The quantitative estimate of drug-likeness (QED) is 0.239. The molecule has 1 aliphatic rings. The first-order chi connectivity index (χ1) is 18.0. The van der Waals surface area contributed by atoms with E-state index in [1.54, 1.807) is 0 Å². The second-order valence-corrected chi connectivity index (χ2v) is 10.6. The number of hydrogen-bond acceptors (Lipinski definition) is 4. The fraction of sp³-hybridized carbons (Fsp3) is 0.355. The van der Waals surface area contributed by atoms with Crippen molar-refractivity contribution in [1.29, 1.82) is 0 Å². The number of carbonyl (C=O) groups excluding carboxylic acids is 1. The van der Waals surface area contributed by atoms with Crippen LogP contribution in [0.5, 0.6) is 0 Å². The van der Waals surface area contributed by atoms with Gasteiger partial charge in [-0.25, -0.2) is 4.99 Å². The van der Waals surface area contributed by atoms with E-state index in [4.69, 9.17) is 11.4 Å². The topological polar surface area (TPSA) is 56.1 Å². The smallest absolute Gasteiger partial charge is 0.240 e. The third-order valence-corrected chi connectivity index (χ3v) is 8.24. The van der Waals surface area contributed by atoms with Crippen molar-refractivity contribution in [2.75, 3.05) is 26.7 Å². The molecule has 3 aromatic carbocycles. The molecule has 0 bridgehead atoms. The highest BCUT2D eigenvalue weighted by Gasteiger charge is 2.32. The normalized spacial score (nSPS) is 16.9. The van der Waals surface area contributed by atoms with E-state index in [0.29, 0.717) is 18.9 Å². The molecule has 6 heteroatoms. The number of fused-ring (bicyclic) bond motifs is 1. The van der Waals surface area contributed by atoms with Crippen molar-refractivity contribution in [3.63, 3.8) is 0 Å². The van der Waals surface area contributed by atoms with Crippen molar-refractivity contribution >= 4 is 39.3 Å². The number of benzene rings is 3. The van der Waals surface area contributed by atoms with Gasteiger partial charge in [0.05, 0.1) is 12.3 Å². The number of hydrogen-bond donors (Lipinski definition) is 1. The fourth-order valence-corrected chi connectivity index (χ4v) is 5.92. The lowest BCUT2D eigenvalue weighted by atomic mass is 9.94. The van der Waals surface area contributed by atoms with E-state index in [1.807, 2.05) is 78.7 Å². The molecule has 1 aliphatic heterocycles. The van der Waals surface area contributed by atoms with E-state index < -0.39 is 5.25 Å². The number of amides is 1. The molecular formula is C31H35N3O2S. The van der Waals surface area contributed by atoms with Crippen LogP contribution in [-0.2, 0) is 11.4 Å². The molecule has 0 aromatic heterocycles. The van der Waals surface area contributed by atoms with Gasteiger partial charge in [0.1, 0.15) is 5.25 Å². The Kier molecular flexibility index (Phi) is 9.27. The first-order valence-electron chi connectivity index (χ1n) is 12.9. The third-order valence-electron chi connectivity index (χ3n) is 6.92. The standard InChI is InChI=1S/C31H35N3O2S/c1-4-12-23-13-11-18-34(21-23)30(36)29(24-14-7-6-8-15-24)37-31(33(3)5-2)32-28-20-26-17-10-9-16-25(26)19-27(28)22-35/h1,6-10,14-17,19-20,23,29,35H,5,11-13,18,21-22H2,2-3H3. The van der Waals surface area contributed by atoms with Crippen LogP contribution in [0, 0.1) is 18.3 Å². The lowest BCUT2D eigenvalue weighted by molar-refractivity contribution is -0.132. The Morgan fingerprint density at radius 1 is 1.19 bits per heavy atom. The molecule has 0 saturated carbocycles. The van der Waals surface area contributed by atoms with Gasteiger partial charge >= 0.3 is 0 Å². The van der Waals surface area contributed by atoms with Crippen LogP contribution in [0.4, 0.5) is 5.69 Å². The van der Waals surface area contributed by atoms with Crippen LogP contribution in [0.25, 0.3) is 10.8 Å². The minimum atomic E-state index is -0.434. The Hall–Kier alpha value is -3.27. The van der Waals surface area contributed by atoms with Crippen molar-refractivity contribution in [3.05, 3.63) is 77.9 Å². The van der Waals surface area contributed by atoms with Gasteiger partial charge in [0.25, 0.3) is 0 Å². The predicted octanol–water partition coefficient (Wildman–Crippen LogP) is 6.01. The summed E-state index contributed by atoms with van der Waals surface area (Å²) in [6.07, 6.45) is 8.31. The first-order valence-corrected chi connectivity index (χ1v) is 13.8. The zero-order chi connectivity index (χ0) is 26.2. The van der Waals surface area contributed by atoms with Crippen molar-refractivity contribution < 1.29 is 9.90 Å². The summed E-state index contributed by atoms with van der Waals surface area (Å²) in [5.41, 5.74) is 2.43. The maximum atomic E-state index is 14.0. The monoisotopic (exact) mass is 513 g/mol. The molecule has 1 saturated heterocycles. The van der Waals surface area contributed by atoms with E-state index in [-0.39, 0.29) is 12.5 Å². The highest BCUT2D eigenvalue weighted by atomic mass is 32.2. The number of rotatable bonds is 7. The number of piperidine rings is 1. The summed E-state index contributed by atoms with van der Waals surface area (Å²) in [5.74, 6) is 3.21. The van der Waals surface area contributed by atoms with Gasteiger partial charge in [-0.3, -0.25) is 4.79 Å². The molecular weight excluding hydrogens is 478 g/mol. The minimum Gasteiger partial charge on any atom is -0.392 e. The van der Waals surface area contributed by atoms with Gasteiger partial charge in [0.2, 0.25) is 5.91 Å².